The third-order valence-electron chi connectivity index (χ3n) is 3.04. The molecule has 0 radical (unpaired) electrons. The summed E-state index contributed by atoms with van der Waals surface area (Å²) in [5.74, 6) is 0.221. The highest BCUT2D eigenvalue weighted by molar-refractivity contribution is 5.95. The summed E-state index contributed by atoms with van der Waals surface area (Å²) >= 11 is 0. The molecule has 7 heteroatoms. The van der Waals surface area contributed by atoms with E-state index in [2.05, 4.69) is 5.32 Å². The van der Waals surface area contributed by atoms with E-state index in [4.69, 9.17) is 14.2 Å². The molecule has 0 spiro atoms. The number of aryl methyl sites for hydroxylation is 1. The number of hydrogen-bond donors (Lipinski definition) is 1. The van der Waals surface area contributed by atoms with Gasteiger partial charge in [-0.15, -0.1) is 0 Å². The Labute approximate surface area is 149 Å². The minimum absolute atomic E-state index is 0.125. The molecule has 0 aliphatic rings. The van der Waals surface area contributed by atoms with Gasteiger partial charge in [-0.3, -0.25) is 4.79 Å². The molecule has 0 atom stereocenters. The number of hydrogen-bond acceptors (Lipinski definition) is 5. The smallest absolute Gasteiger partial charge is 0.410 e. The molecule has 1 aromatic carbocycles. The Bertz CT molecular complexity index is 596. The molecule has 25 heavy (non-hydrogen) atoms. The van der Waals surface area contributed by atoms with Gasteiger partial charge in [0, 0.05) is 14.2 Å². The van der Waals surface area contributed by atoms with Gasteiger partial charge in [-0.1, -0.05) is 6.07 Å². The predicted molar refractivity (Wildman–Crippen MR) is 96.0 cm³/mol. The molecule has 0 saturated carbocycles. The first kappa shape index (κ1) is 20.8. The zero-order valence-electron chi connectivity index (χ0n) is 15.8. The number of nitrogens with one attached hydrogen (secondary N) is 1. The number of nitrogens with zero attached hydrogens (tertiary/aromatic N) is 1. The second-order valence-electron chi connectivity index (χ2n) is 6.73. The fourth-order valence-electron chi connectivity index (χ4n) is 1.90. The largest absolute Gasteiger partial charge is 0.489 e. The van der Waals surface area contributed by atoms with Gasteiger partial charge in [0.2, 0.25) is 5.91 Å². The van der Waals surface area contributed by atoms with Gasteiger partial charge in [-0.2, -0.15) is 0 Å². The molecule has 140 valence electrons. The van der Waals surface area contributed by atoms with Crippen LogP contribution in [0.15, 0.2) is 18.2 Å². The number of likely N-dealkylation sites (N-methyl/N-ethyl adjacent to an activating group) is 1. The van der Waals surface area contributed by atoms with Crippen molar-refractivity contribution in [3.63, 3.8) is 0 Å². The molecule has 1 rings (SSSR count). The van der Waals surface area contributed by atoms with Crippen LogP contribution in [0.1, 0.15) is 26.3 Å². The van der Waals surface area contributed by atoms with Gasteiger partial charge in [0.25, 0.3) is 0 Å². The van der Waals surface area contributed by atoms with Crippen LogP contribution in [0.5, 0.6) is 5.75 Å². The summed E-state index contributed by atoms with van der Waals surface area (Å²) in [5, 5.41) is 2.76. The first-order valence-corrected chi connectivity index (χ1v) is 8.08. The van der Waals surface area contributed by atoms with E-state index in [1.807, 2.05) is 19.1 Å². The highest BCUT2D eigenvalue weighted by atomic mass is 16.6. The van der Waals surface area contributed by atoms with E-state index in [0.29, 0.717) is 24.7 Å². The summed E-state index contributed by atoms with van der Waals surface area (Å²) in [6, 6.07) is 5.47. The van der Waals surface area contributed by atoms with Crippen LogP contribution >= 0.6 is 0 Å². The number of carbonyl (C=O) groups excluding carboxylic acids is 2. The zero-order valence-corrected chi connectivity index (χ0v) is 15.8. The Morgan fingerprint density at radius 3 is 2.48 bits per heavy atom. The molecule has 7 nitrogen and oxygen atoms in total. The van der Waals surface area contributed by atoms with Gasteiger partial charge in [-0.05, 0) is 45.4 Å². The molecule has 1 N–H and O–H groups in total. The fourth-order valence-corrected chi connectivity index (χ4v) is 1.90. The summed E-state index contributed by atoms with van der Waals surface area (Å²) in [6.07, 6.45) is -0.553. The van der Waals surface area contributed by atoms with Gasteiger partial charge >= 0.3 is 6.09 Å². The SMILES string of the molecule is COCCOc1cc(C)ccc1NC(=O)CN(C)C(=O)OC(C)(C)C. The summed E-state index contributed by atoms with van der Waals surface area (Å²) in [6.45, 7) is 7.95. The monoisotopic (exact) mass is 352 g/mol. The van der Waals surface area contributed by atoms with Gasteiger partial charge in [0.05, 0.1) is 12.3 Å². The third kappa shape index (κ3) is 7.89. The summed E-state index contributed by atoms with van der Waals surface area (Å²) in [5.41, 5.74) is 0.946. The molecule has 0 bridgehead atoms. The first-order chi connectivity index (χ1) is 11.6. The van der Waals surface area contributed by atoms with Gasteiger partial charge < -0.3 is 24.4 Å². The molecule has 0 aromatic heterocycles. The van der Waals surface area contributed by atoms with Crippen LogP contribution in [0.2, 0.25) is 0 Å². The van der Waals surface area contributed by atoms with Crippen LogP contribution < -0.4 is 10.1 Å². The van der Waals surface area contributed by atoms with Gasteiger partial charge in [0.15, 0.2) is 0 Å². The van der Waals surface area contributed by atoms with Crippen molar-refractivity contribution in [2.45, 2.75) is 33.3 Å². The van der Waals surface area contributed by atoms with E-state index in [9.17, 15) is 9.59 Å². The highest BCUT2D eigenvalue weighted by Crippen LogP contribution is 2.25. The van der Waals surface area contributed by atoms with Gasteiger partial charge in [-0.25, -0.2) is 4.79 Å². The van der Waals surface area contributed by atoms with Crippen molar-refractivity contribution < 1.29 is 23.8 Å². The number of methoxy groups -OCH3 is 1. The lowest BCUT2D eigenvalue weighted by Gasteiger charge is -2.24. The predicted octanol–water partition coefficient (Wildman–Crippen LogP) is 2.83. The third-order valence-corrected chi connectivity index (χ3v) is 3.04. The van der Waals surface area contributed by atoms with Crippen LogP contribution in [-0.4, -0.2) is 56.4 Å². The van der Waals surface area contributed by atoms with E-state index < -0.39 is 11.7 Å². The second-order valence-corrected chi connectivity index (χ2v) is 6.73. The molecule has 0 aliphatic carbocycles. The minimum atomic E-state index is -0.610. The molecule has 2 amide bonds. The van der Waals surface area contributed by atoms with E-state index >= 15 is 0 Å². The Morgan fingerprint density at radius 1 is 1.20 bits per heavy atom. The lowest BCUT2D eigenvalue weighted by Crippen LogP contribution is -2.38. The highest BCUT2D eigenvalue weighted by Gasteiger charge is 2.21. The zero-order chi connectivity index (χ0) is 19.0. The molecule has 0 unspecified atom stereocenters. The number of rotatable bonds is 7. The maximum absolute atomic E-state index is 12.2. The lowest BCUT2D eigenvalue weighted by molar-refractivity contribution is -0.117. The molecular weight excluding hydrogens is 324 g/mol. The normalized spacial score (nSPS) is 11.0. The molecule has 0 heterocycles. The Balaban J connectivity index is 2.68. The van der Waals surface area contributed by atoms with Crippen LogP contribution in [0.4, 0.5) is 10.5 Å². The number of benzene rings is 1. The lowest BCUT2D eigenvalue weighted by atomic mass is 10.2. The van der Waals surface area contributed by atoms with Crippen molar-refractivity contribution >= 4 is 17.7 Å². The van der Waals surface area contributed by atoms with Crippen LogP contribution in [-0.2, 0) is 14.3 Å². The number of amides is 2. The Morgan fingerprint density at radius 2 is 1.88 bits per heavy atom. The average Bonchev–Trinajstić information content (AvgIpc) is 2.48. The van der Waals surface area contributed by atoms with Crippen LogP contribution in [0.25, 0.3) is 0 Å². The number of ether oxygens (including phenoxy) is 3. The van der Waals surface area contributed by atoms with Crippen LogP contribution in [0, 0.1) is 6.92 Å². The first-order valence-electron chi connectivity index (χ1n) is 8.08. The second kappa shape index (κ2) is 9.27. The molecule has 0 aliphatic heterocycles. The fraction of sp³-hybridized carbons (Fsp3) is 0.556. The average molecular weight is 352 g/mol. The summed E-state index contributed by atoms with van der Waals surface area (Å²) in [4.78, 5) is 25.4. The standard InChI is InChI=1S/C18H28N2O5/c1-13-7-8-14(15(11-13)24-10-9-23-6)19-16(21)12-20(5)17(22)25-18(2,3)4/h7-8,11H,9-10,12H2,1-6H3,(H,19,21). The topological polar surface area (TPSA) is 77.1 Å². The summed E-state index contributed by atoms with van der Waals surface area (Å²) in [7, 11) is 3.10. The van der Waals surface area contributed by atoms with E-state index in [0.717, 1.165) is 5.56 Å². The number of anilines is 1. The Kier molecular flexibility index (Phi) is 7.70. The molecular formula is C18H28N2O5. The van der Waals surface area contributed by atoms with E-state index in [1.165, 1.54) is 11.9 Å². The van der Waals surface area contributed by atoms with Crippen molar-refractivity contribution in [3.8, 4) is 5.75 Å². The van der Waals surface area contributed by atoms with E-state index in [-0.39, 0.29) is 12.5 Å². The van der Waals surface area contributed by atoms with Crippen molar-refractivity contribution in [2.24, 2.45) is 0 Å². The molecule has 0 saturated heterocycles. The number of carbonyl (C=O) groups is 2. The van der Waals surface area contributed by atoms with Crippen molar-refractivity contribution in [1.82, 2.24) is 4.90 Å². The summed E-state index contributed by atoms with van der Waals surface area (Å²) < 4.78 is 15.8. The quantitative estimate of drug-likeness (QED) is 0.764. The van der Waals surface area contributed by atoms with Crippen molar-refractivity contribution in [1.29, 1.82) is 0 Å². The maximum Gasteiger partial charge on any atom is 0.410 e. The van der Waals surface area contributed by atoms with Crippen LogP contribution in [0.3, 0.4) is 0 Å². The molecule has 0 fully saturated rings. The van der Waals surface area contributed by atoms with E-state index in [1.54, 1.807) is 33.9 Å². The van der Waals surface area contributed by atoms with Crippen molar-refractivity contribution in [3.05, 3.63) is 23.8 Å². The molecule has 1 aromatic rings. The Hall–Kier alpha value is -2.28. The maximum atomic E-state index is 12.2. The van der Waals surface area contributed by atoms with Crippen molar-refractivity contribution in [2.75, 3.05) is 39.2 Å². The minimum Gasteiger partial charge on any atom is -0.489 e. The van der Waals surface area contributed by atoms with Gasteiger partial charge in [0.1, 0.15) is 24.5 Å².